The molecule has 2 aliphatic rings. The predicted octanol–water partition coefficient (Wildman–Crippen LogP) is 3.46. The van der Waals surface area contributed by atoms with Gasteiger partial charge in [0.05, 0.1) is 35.3 Å². The van der Waals surface area contributed by atoms with Crippen molar-refractivity contribution in [2.45, 2.75) is 12.5 Å². The van der Waals surface area contributed by atoms with Gasteiger partial charge in [0.15, 0.2) is 0 Å². The lowest BCUT2D eigenvalue weighted by Crippen LogP contribution is -2.52. The number of ether oxygens (including phenoxy) is 1. The molecule has 2 saturated heterocycles. The molecule has 0 spiro atoms. The molecule has 0 radical (unpaired) electrons. The van der Waals surface area contributed by atoms with Crippen molar-refractivity contribution in [1.29, 1.82) is 0 Å². The van der Waals surface area contributed by atoms with Crippen LogP contribution in [-0.2, 0) is 9.59 Å². The predicted molar refractivity (Wildman–Crippen MR) is 114 cm³/mol. The highest BCUT2D eigenvalue weighted by molar-refractivity contribution is 6.44. The first-order valence-electron chi connectivity index (χ1n) is 9.43. The molecular weight excluding hydrogens is 413 g/mol. The minimum absolute atomic E-state index is 0.157. The first-order valence-corrected chi connectivity index (χ1v) is 10.2. The molecule has 4 rings (SSSR count). The average molecular weight is 434 g/mol. The zero-order chi connectivity index (χ0) is 20.5. The molecule has 29 heavy (non-hydrogen) atoms. The topological polar surface area (TPSA) is 53.1 Å². The molecule has 2 amide bonds. The molecule has 2 heterocycles. The summed E-state index contributed by atoms with van der Waals surface area (Å²) in [6, 6.07) is 12.4. The first-order chi connectivity index (χ1) is 14.0. The molecular formula is C21H21Cl2N3O3. The van der Waals surface area contributed by atoms with Crippen molar-refractivity contribution in [1.82, 2.24) is 4.90 Å². The molecule has 0 aliphatic carbocycles. The van der Waals surface area contributed by atoms with Gasteiger partial charge in [0.2, 0.25) is 5.91 Å². The number of anilines is 2. The first kappa shape index (κ1) is 20.0. The molecule has 1 atom stereocenters. The van der Waals surface area contributed by atoms with E-state index in [1.807, 2.05) is 24.3 Å². The third-order valence-electron chi connectivity index (χ3n) is 5.49. The van der Waals surface area contributed by atoms with Crippen LogP contribution in [0.25, 0.3) is 0 Å². The van der Waals surface area contributed by atoms with E-state index in [1.165, 1.54) is 4.90 Å². The minimum Gasteiger partial charge on any atom is -0.497 e. The summed E-state index contributed by atoms with van der Waals surface area (Å²) in [5.74, 6) is 0.334. The van der Waals surface area contributed by atoms with Gasteiger partial charge in [-0.25, -0.2) is 4.90 Å². The number of methoxy groups -OCH3 is 1. The normalized spacial score (nSPS) is 20.4. The number of halogens is 2. The molecule has 8 heteroatoms. The molecule has 0 saturated carbocycles. The van der Waals surface area contributed by atoms with E-state index in [-0.39, 0.29) is 23.3 Å². The van der Waals surface area contributed by atoms with Crippen molar-refractivity contribution >= 4 is 46.4 Å². The van der Waals surface area contributed by atoms with E-state index in [0.717, 1.165) is 24.5 Å². The van der Waals surface area contributed by atoms with Crippen LogP contribution in [0.3, 0.4) is 0 Å². The van der Waals surface area contributed by atoms with E-state index in [4.69, 9.17) is 27.9 Å². The van der Waals surface area contributed by atoms with Crippen LogP contribution in [0.15, 0.2) is 42.5 Å². The summed E-state index contributed by atoms with van der Waals surface area (Å²) in [5, 5.41) is 0.544. The van der Waals surface area contributed by atoms with Gasteiger partial charge in [0, 0.05) is 31.9 Å². The largest absolute Gasteiger partial charge is 0.497 e. The quantitative estimate of drug-likeness (QED) is 0.691. The molecule has 2 fully saturated rings. The number of nitrogens with zero attached hydrogens (tertiary/aromatic N) is 3. The van der Waals surface area contributed by atoms with E-state index in [2.05, 4.69) is 9.80 Å². The van der Waals surface area contributed by atoms with Gasteiger partial charge in [-0.1, -0.05) is 29.3 Å². The van der Waals surface area contributed by atoms with Crippen molar-refractivity contribution in [3.8, 4) is 5.75 Å². The fourth-order valence-corrected chi connectivity index (χ4v) is 4.28. The fourth-order valence-electron chi connectivity index (χ4n) is 3.90. The summed E-state index contributed by atoms with van der Waals surface area (Å²) in [4.78, 5) is 31.2. The zero-order valence-corrected chi connectivity index (χ0v) is 17.5. The lowest BCUT2D eigenvalue weighted by Gasteiger charge is -2.38. The SMILES string of the molecule is COc1ccc(N2CCN(C3CC(=O)N(c4cccc(Cl)c4Cl)C3=O)CC2)cc1. The van der Waals surface area contributed by atoms with Gasteiger partial charge in [0.1, 0.15) is 5.75 Å². The zero-order valence-electron chi connectivity index (χ0n) is 16.0. The Morgan fingerprint density at radius 2 is 1.66 bits per heavy atom. The Balaban J connectivity index is 1.44. The van der Waals surface area contributed by atoms with E-state index >= 15 is 0 Å². The number of hydrogen-bond acceptors (Lipinski definition) is 5. The van der Waals surface area contributed by atoms with Crippen molar-refractivity contribution in [2.24, 2.45) is 0 Å². The Labute approximate surface area is 179 Å². The van der Waals surface area contributed by atoms with Crippen LogP contribution in [0.2, 0.25) is 10.0 Å². The molecule has 152 valence electrons. The smallest absolute Gasteiger partial charge is 0.251 e. The second kappa shape index (κ2) is 8.22. The van der Waals surface area contributed by atoms with Crippen LogP contribution in [0, 0.1) is 0 Å². The summed E-state index contributed by atoms with van der Waals surface area (Å²) in [6.45, 7) is 2.96. The maximum absolute atomic E-state index is 13.0. The highest BCUT2D eigenvalue weighted by Gasteiger charge is 2.44. The Hall–Kier alpha value is -2.28. The van der Waals surface area contributed by atoms with E-state index < -0.39 is 6.04 Å². The van der Waals surface area contributed by atoms with E-state index in [1.54, 1.807) is 25.3 Å². The lowest BCUT2D eigenvalue weighted by molar-refractivity contribution is -0.123. The summed E-state index contributed by atoms with van der Waals surface area (Å²) < 4.78 is 5.21. The Morgan fingerprint density at radius 1 is 0.966 bits per heavy atom. The fraction of sp³-hybridized carbons (Fsp3) is 0.333. The highest BCUT2D eigenvalue weighted by atomic mass is 35.5. The summed E-state index contributed by atoms with van der Waals surface area (Å²) in [5.41, 5.74) is 1.47. The Bertz CT molecular complexity index is 927. The molecule has 0 bridgehead atoms. The molecule has 2 aliphatic heterocycles. The van der Waals surface area contributed by atoms with Crippen LogP contribution in [-0.4, -0.2) is 56.0 Å². The van der Waals surface area contributed by atoms with Crippen molar-refractivity contribution in [2.75, 3.05) is 43.1 Å². The summed E-state index contributed by atoms with van der Waals surface area (Å²) >= 11 is 12.3. The molecule has 6 nitrogen and oxygen atoms in total. The molecule has 1 unspecified atom stereocenters. The lowest BCUT2D eigenvalue weighted by atomic mass is 10.1. The van der Waals surface area contributed by atoms with Gasteiger partial charge in [-0.15, -0.1) is 0 Å². The van der Waals surface area contributed by atoms with Gasteiger partial charge in [-0.05, 0) is 36.4 Å². The second-order valence-electron chi connectivity index (χ2n) is 7.08. The van der Waals surface area contributed by atoms with E-state index in [0.29, 0.717) is 23.8 Å². The third-order valence-corrected chi connectivity index (χ3v) is 6.30. The number of amides is 2. The molecule has 0 aromatic heterocycles. The Kier molecular flexibility index (Phi) is 5.67. The summed E-state index contributed by atoms with van der Waals surface area (Å²) in [7, 11) is 1.65. The van der Waals surface area contributed by atoms with E-state index in [9.17, 15) is 9.59 Å². The molecule has 2 aromatic rings. The summed E-state index contributed by atoms with van der Waals surface area (Å²) in [6.07, 6.45) is 0.157. The van der Waals surface area contributed by atoms with Crippen LogP contribution in [0.4, 0.5) is 11.4 Å². The monoisotopic (exact) mass is 433 g/mol. The van der Waals surface area contributed by atoms with Gasteiger partial charge >= 0.3 is 0 Å². The number of benzene rings is 2. The van der Waals surface area contributed by atoms with Gasteiger partial charge < -0.3 is 9.64 Å². The van der Waals surface area contributed by atoms with Crippen LogP contribution < -0.4 is 14.5 Å². The standard InChI is InChI=1S/C21H21Cl2N3O3/c1-29-15-7-5-14(6-8-15)24-9-11-25(12-10-24)18-13-19(27)26(21(18)28)17-4-2-3-16(22)20(17)23/h2-8,18H,9-13H2,1H3. The van der Waals surface area contributed by atoms with Crippen molar-refractivity contribution in [3.63, 3.8) is 0 Å². The number of piperazine rings is 1. The number of imide groups is 1. The second-order valence-corrected chi connectivity index (χ2v) is 7.87. The molecule has 0 N–H and O–H groups in total. The van der Waals surface area contributed by atoms with Gasteiger partial charge in [0.25, 0.3) is 5.91 Å². The van der Waals surface area contributed by atoms with Crippen LogP contribution in [0.5, 0.6) is 5.75 Å². The number of carbonyl (C=O) groups is 2. The van der Waals surface area contributed by atoms with Crippen molar-refractivity contribution in [3.05, 3.63) is 52.5 Å². The third kappa shape index (κ3) is 3.80. The van der Waals surface area contributed by atoms with Crippen LogP contribution >= 0.6 is 23.2 Å². The Morgan fingerprint density at radius 3 is 2.31 bits per heavy atom. The van der Waals surface area contributed by atoms with Gasteiger partial charge in [-0.3, -0.25) is 14.5 Å². The molecule has 2 aromatic carbocycles. The average Bonchev–Trinajstić information content (AvgIpc) is 3.04. The maximum atomic E-state index is 13.0. The highest BCUT2D eigenvalue weighted by Crippen LogP contribution is 2.36. The number of carbonyl (C=O) groups excluding carboxylic acids is 2. The van der Waals surface area contributed by atoms with Crippen LogP contribution in [0.1, 0.15) is 6.42 Å². The minimum atomic E-state index is -0.462. The van der Waals surface area contributed by atoms with Crippen molar-refractivity contribution < 1.29 is 14.3 Å². The number of hydrogen-bond donors (Lipinski definition) is 0. The van der Waals surface area contributed by atoms with Gasteiger partial charge in [-0.2, -0.15) is 0 Å². The maximum Gasteiger partial charge on any atom is 0.251 e. The number of rotatable bonds is 4.